The van der Waals surface area contributed by atoms with E-state index >= 15 is 0 Å². The molecule has 1 atom stereocenters. The Morgan fingerprint density at radius 3 is 2.97 bits per heavy atom. The van der Waals surface area contributed by atoms with E-state index in [1.165, 1.54) is 22.2 Å². The van der Waals surface area contributed by atoms with Gasteiger partial charge in [0.15, 0.2) is 11.0 Å². The van der Waals surface area contributed by atoms with Gasteiger partial charge in [-0.15, -0.1) is 11.3 Å². The lowest BCUT2D eigenvalue weighted by Crippen LogP contribution is -2.22. The second-order valence-corrected chi connectivity index (χ2v) is 10.7. The van der Waals surface area contributed by atoms with Crippen LogP contribution in [0.5, 0.6) is 5.75 Å². The Morgan fingerprint density at radius 1 is 1.28 bits per heavy atom. The van der Waals surface area contributed by atoms with Crippen molar-refractivity contribution in [3.8, 4) is 11.4 Å². The van der Waals surface area contributed by atoms with Gasteiger partial charge >= 0.3 is 0 Å². The number of hydrogen-bond donors (Lipinski definition) is 0. The van der Waals surface area contributed by atoms with E-state index in [4.69, 9.17) is 14.2 Å². The molecule has 1 aromatic carbocycles. The van der Waals surface area contributed by atoms with Gasteiger partial charge in [-0.2, -0.15) is 4.98 Å². The lowest BCUT2D eigenvalue weighted by atomic mass is 10.2. The summed E-state index contributed by atoms with van der Waals surface area (Å²) < 4.78 is 12.6. The van der Waals surface area contributed by atoms with E-state index in [1.807, 2.05) is 31.2 Å². The lowest BCUT2D eigenvalue weighted by Gasteiger charge is -2.15. The summed E-state index contributed by atoms with van der Waals surface area (Å²) in [6.45, 7) is 2.01. The molecule has 32 heavy (non-hydrogen) atoms. The molecule has 0 saturated heterocycles. The Labute approximate surface area is 192 Å². The average molecular weight is 467 g/mol. The van der Waals surface area contributed by atoms with Gasteiger partial charge in [-0.25, -0.2) is 4.98 Å². The molecule has 9 heteroatoms. The number of hydrogen-bond acceptors (Lipinski definition) is 8. The minimum Gasteiger partial charge on any atom is -0.497 e. The Balaban J connectivity index is 1.48. The third-order valence-corrected chi connectivity index (χ3v) is 8.28. The highest BCUT2D eigenvalue weighted by molar-refractivity contribution is 7.99. The predicted octanol–water partition coefficient (Wildman–Crippen LogP) is 5.06. The summed E-state index contributed by atoms with van der Waals surface area (Å²) in [6, 6.07) is 7.54. The first-order valence-electron chi connectivity index (χ1n) is 10.8. The molecule has 1 fully saturated rings. The van der Waals surface area contributed by atoms with Gasteiger partial charge in [0, 0.05) is 16.9 Å². The fraction of sp³-hybridized carbons (Fsp3) is 0.391. The van der Waals surface area contributed by atoms with Crippen molar-refractivity contribution < 1.29 is 9.26 Å². The zero-order valence-electron chi connectivity index (χ0n) is 17.8. The van der Waals surface area contributed by atoms with Crippen LogP contribution >= 0.6 is 23.1 Å². The van der Waals surface area contributed by atoms with Crippen LogP contribution in [0, 0.1) is 0 Å². The fourth-order valence-corrected chi connectivity index (χ4v) is 6.47. The van der Waals surface area contributed by atoms with Crippen LogP contribution < -0.4 is 10.3 Å². The molecular formula is C23H22N4O3S2. The van der Waals surface area contributed by atoms with Crippen LogP contribution in [0.4, 0.5) is 0 Å². The van der Waals surface area contributed by atoms with Crippen molar-refractivity contribution in [1.82, 2.24) is 19.7 Å². The lowest BCUT2D eigenvalue weighted by molar-refractivity contribution is 0.374. The Kier molecular flexibility index (Phi) is 4.83. The molecule has 0 radical (unpaired) electrons. The van der Waals surface area contributed by atoms with E-state index in [9.17, 15) is 4.79 Å². The molecule has 0 spiro atoms. The third kappa shape index (κ3) is 3.34. The van der Waals surface area contributed by atoms with Gasteiger partial charge in [-0.3, -0.25) is 9.36 Å². The highest BCUT2D eigenvalue weighted by atomic mass is 32.2. The third-order valence-electron chi connectivity index (χ3n) is 6.05. The van der Waals surface area contributed by atoms with E-state index in [0.717, 1.165) is 53.8 Å². The maximum Gasteiger partial charge on any atom is 0.267 e. The van der Waals surface area contributed by atoms with E-state index in [1.54, 1.807) is 23.0 Å². The molecule has 1 saturated carbocycles. The van der Waals surface area contributed by atoms with E-state index in [2.05, 4.69) is 10.1 Å². The Hall–Kier alpha value is -2.65. The number of methoxy groups -OCH3 is 1. The second kappa shape index (κ2) is 7.74. The second-order valence-electron chi connectivity index (χ2n) is 8.30. The van der Waals surface area contributed by atoms with Gasteiger partial charge in [0.25, 0.3) is 5.56 Å². The molecule has 2 aliphatic rings. The van der Waals surface area contributed by atoms with Crippen molar-refractivity contribution in [3.05, 3.63) is 56.8 Å². The van der Waals surface area contributed by atoms with E-state index in [0.29, 0.717) is 22.7 Å². The van der Waals surface area contributed by atoms with E-state index < -0.39 is 0 Å². The highest BCUT2D eigenvalue weighted by Crippen LogP contribution is 2.41. The first kappa shape index (κ1) is 20.0. The van der Waals surface area contributed by atoms with Gasteiger partial charge < -0.3 is 9.26 Å². The minimum absolute atomic E-state index is 0.0263. The van der Waals surface area contributed by atoms with Crippen molar-refractivity contribution in [3.63, 3.8) is 0 Å². The minimum atomic E-state index is -0.136. The summed E-state index contributed by atoms with van der Waals surface area (Å²) in [5, 5.41) is 5.39. The molecule has 0 amide bonds. The van der Waals surface area contributed by atoms with Crippen molar-refractivity contribution in [2.24, 2.45) is 0 Å². The van der Waals surface area contributed by atoms with Gasteiger partial charge in [0.2, 0.25) is 5.89 Å². The van der Waals surface area contributed by atoms with Gasteiger partial charge in [0.05, 0.1) is 23.4 Å². The average Bonchev–Trinajstić information content (AvgIpc) is 3.19. The summed E-state index contributed by atoms with van der Waals surface area (Å²) in [6.07, 6.45) is 5.32. The van der Waals surface area contributed by atoms with Crippen molar-refractivity contribution in [2.75, 3.05) is 7.11 Å². The molecule has 0 bridgehead atoms. The summed E-state index contributed by atoms with van der Waals surface area (Å²) in [7, 11) is 1.62. The molecular weight excluding hydrogens is 444 g/mol. The zero-order chi connectivity index (χ0) is 21.8. The smallest absolute Gasteiger partial charge is 0.267 e. The molecule has 164 valence electrons. The number of nitrogens with zero attached hydrogens (tertiary/aromatic N) is 4. The largest absolute Gasteiger partial charge is 0.497 e. The topological polar surface area (TPSA) is 83.0 Å². The summed E-state index contributed by atoms with van der Waals surface area (Å²) >= 11 is 3.12. The zero-order valence-corrected chi connectivity index (χ0v) is 19.5. The standard InChI is InChI=1S/C23H22N4O3S2/c1-12(20-24-19(26-30-20)13-9-10-13)31-23-25-21-18(16-7-4-8-17(16)32-21)22(28)27(23)14-5-3-6-15(11-14)29-2/h3,5-6,11-13H,4,7-10H2,1-2H3. The molecule has 0 N–H and O–H groups in total. The van der Waals surface area contributed by atoms with Crippen LogP contribution in [-0.4, -0.2) is 26.8 Å². The SMILES string of the molecule is COc1cccc(-n2c(SC(C)c3nc(C4CC4)no3)nc3sc4c(c3c2=O)CCC4)c1. The Morgan fingerprint density at radius 2 is 2.16 bits per heavy atom. The number of ether oxygens (including phenoxy) is 1. The molecule has 3 heterocycles. The van der Waals surface area contributed by atoms with Crippen LogP contribution in [0.3, 0.4) is 0 Å². The van der Waals surface area contributed by atoms with Crippen LogP contribution in [0.1, 0.15) is 59.5 Å². The van der Waals surface area contributed by atoms with Gasteiger partial charge in [-0.05, 0) is 56.7 Å². The number of aryl methyl sites for hydroxylation is 2. The maximum atomic E-state index is 13.8. The predicted molar refractivity (Wildman–Crippen MR) is 124 cm³/mol. The van der Waals surface area contributed by atoms with Gasteiger partial charge in [-0.1, -0.05) is 23.0 Å². The van der Waals surface area contributed by atoms with Crippen LogP contribution in [0.2, 0.25) is 0 Å². The molecule has 7 nitrogen and oxygen atoms in total. The van der Waals surface area contributed by atoms with Crippen molar-refractivity contribution in [2.45, 2.75) is 55.4 Å². The first-order chi connectivity index (χ1) is 15.6. The summed E-state index contributed by atoms with van der Waals surface area (Å²) in [5.41, 5.74) is 1.89. The van der Waals surface area contributed by atoms with E-state index in [-0.39, 0.29) is 10.8 Å². The number of benzene rings is 1. The summed E-state index contributed by atoms with van der Waals surface area (Å²) in [5.74, 6) is 2.48. The van der Waals surface area contributed by atoms with Crippen LogP contribution in [0.15, 0.2) is 38.7 Å². The number of aromatic nitrogens is 4. The van der Waals surface area contributed by atoms with Crippen molar-refractivity contribution >= 4 is 33.3 Å². The van der Waals surface area contributed by atoms with Crippen molar-refractivity contribution in [1.29, 1.82) is 0 Å². The quantitative estimate of drug-likeness (QED) is 0.290. The maximum absolute atomic E-state index is 13.8. The Bertz CT molecular complexity index is 1390. The number of fused-ring (bicyclic) bond motifs is 3. The first-order valence-corrected chi connectivity index (χ1v) is 12.5. The van der Waals surface area contributed by atoms with Crippen LogP contribution in [0.25, 0.3) is 15.9 Å². The molecule has 2 aliphatic carbocycles. The van der Waals surface area contributed by atoms with Crippen LogP contribution in [-0.2, 0) is 12.8 Å². The molecule has 4 aromatic rings. The highest BCUT2D eigenvalue weighted by Gasteiger charge is 2.30. The molecule has 1 unspecified atom stereocenters. The summed E-state index contributed by atoms with van der Waals surface area (Å²) in [4.78, 5) is 25.5. The monoisotopic (exact) mass is 466 g/mol. The number of thiophene rings is 1. The number of rotatable bonds is 6. The molecule has 6 rings (SSSR count). The molecule has 3 aromatic heterocycles. The molecule has 0 aliphatic heterocycles. The normalized spacial score (nSPS) is 16.4. The fourth-order valence-electron chi connectivity index (χ4n) is 4.21. The van der Waals surface area contributed by atoms with Gasteiger partial charge in [0.1, 0.15) is 10.6 Å². The number of thioether (sulfide) groups is 1.